The average Bonchev–Trinajstić information content (AvgIpc) is 2.59. The monoisotopic (exact) mass is 672 g/mol. The first-order chi connectivity index (χ1) is 15.4. The predicted octanol–water partition coefficient (Wildman–Crippen LogP) is 9.14. The van der Waals surface area contributed by atoms with E-state index in [1.54, 1.807) is 5.67 Å². The van der Waals surface area contributed by atoms with Gasteiger partial charge in [0.1, 0.15) is 7.38 Å². The Morgan fingerprint density at radius 2 is 0.946 bits per heavy atom. The first kappa shape index (κ1) is 51.9. The third-order valence-corrected chi connectivity index (χ3v) is 19.4. The second-order valence-electron chi connectivity index (χ2n) is 14.9. The van der Waals surface area contributed by atoms with Gasteiger partial charge in [-0.25, -0.2) is 0 Å². The zero-order valence-corrected chi connectivity index (χ0v) is 36.4. The summed E-state index contributed by atoms with van der Waals surface area (Å²) >= 11 is 11.7. The third kappa shape index (κ3) is 78.8. The Morgan fingerprint density at radius 1 is 0.649 bits per heavy atom. The maximum absolute atomic E-state index is 6.13. The molecule has 0 aromatic heterocycles. The summed E-state index contributed by atoms with van der Waals surface area (Å²) in [7, 11) is -4.68. The van der Waals surface area contributed by atoms with Crippen molar-refractivity contribution in [2.24, 2.45) is 0 Å². The van der Waals surface area contributed by atoms with Gasteiger partial charge in [-0.2, -0.15) is 11.1 Å². The van der Waals surface area contributed by atoms with E-state index >= 15 is 0 Å². The number of allylic oxidation sites excluding steroid dienone is 2. The van der Waals surface area contributed by atoms with E-state index in [-0.39, 0.29) is 35.5 Å². The fourth-order valence-corrected chi connectivity index (χ4v) is 18.1. The smallest absolute Gasteiger partial charge is 1.00 e. The fraction of sp³-hybridized carbons (Fsp3) is 0.821. The molecule has 0 saturated carbocycles. The summed E-state index contributed by atoms with van der Waals surface area (Å²) in [6, 6.07) is 2.76. The molecule has 0 heterocycles. The zero-order chi connectivity index (χ0) is 29.0. The molecule has 0 rings (SSSR count). The van der Waals surface area contributed by atoms with Crippen molar-refractivity contribution in [1.29, 1.82) is 0 Å². The van der Waals surface area contributed by atoms with E-state index in [0.29, 0.717) is 0 Å². The topological polar surface area (TPSA) is 0 Å². The van der Waals surface area contributed by atoms with Crippen LogP contribution in [0.4, 0.5) is 0 Å². The van der Waals surface area contributed by atoms with Gasteiger partial charge < -0.3 is 19.0 Å². The van der Waals surface area contributed by atoms with Crippen LogP contribution in [0.15, 0.2) is 25.3 Å². The second kappa shape index (κ2) is 27.1. The second-order valence-corrected chi connectivity index (χ2v) is 44.6. The average molecular weight is 675 g/mol. The maximum atomic E-state index is 6.13. The van der Waals surface area contributed by atoms with Crippen LogP contribution in [0.25, 0.3) is 0 Å². The number of unbranched alkanes of at least 4 members (excludes halogenated alkanes) is 4. The minimum atomic E-state index is -1.27. The Bertz CT molecular complexity index is 498. The molecule has 37 heavy (non-hydrogen) atoms. The third-order valence-electron chi connectivity index (χ3n) is 4.35. The van der Waals surface area contributed by atoms with Crippen LogP contribution >= 0.6 is 22.7 Å². The molecule has 0 aliphatic heterocycles. The summed E-state index contributed by atoms with van der Waals surface area (Å²) in [5.41, 5.74) is 2.47. The summed E-state index contributed by atoms with van der Waals surface area (Å²) in [5, 5.41) is 0. The summed E-state index contributed by atoms with van der Waals surface area (Å²) in [4.78, 5) is 0. The Kier molecular flexibility index (Phi) is 38.0. The van der Waals surface area contributed by atoms with Crippen molar-refractivity contribution in [2.45, 2.75) is 141 Å². The quantitative estimate of drug-likeness (QED) is 0.0457. The molecule has 0 atom stereocenters. The molecule has 0 saturated heterocycles. The number of hydrogen-bond acceptors (Lipinski definition) is 0. The van der Waals surface area contributed by atoms with Crippen molar-refractivity contribution < 1.29 is 12.4 Å². The van der Waals surface area contributed by atoms with Crippen molar-refractivity contribution in [3.63, 3.8) is 0 Å². The molecule has 0 aliphatic rings. The van der Waals surface area contributed by atoms with Gasteiger partial charge in [-0.05, 0) is 18.9 Å². The molecule has 0 unspecified atom stereocenters. The van der Waals surface area contributed by atoms with E-state index in [0.717, 1.165) is 11.9 Å². The van der Waals surface area contributed by atoms with Crippen molar-refractivity contribution in [1.82, 2.24) is 0 Å². The van der Waals surface area contributed by atoms with Crippen LogP contribution in [0.1, 0.15) is 38.5 Å². The zero-order valence-electron chi connectivity index (χ0n) is 27.7. The number of hydrogen-bond donors (Lipinski definition) is 0. The van der Waals surface area contributed by atoms with Crippen molar-refractivity contribution in [3.05, 3.63) is 31.9 Å². The molecule has 0 spiro atoms. The molecule has 222 valence electrons. The Hall–Kier alpha value is 2.20. The van der Waals surface area contributed by atoms with Crippen molar-refractivity contribution >= 4 is 85.4 Å². The molecular weight excluding hydrogens is 607 g/mol. The molecule has 0 bridgehead atoms. The molecule has 0 radical (unpaired) electrons. The van der Waals surface area contributed by atoms with Gasteiger partial charge in [0.2, 0.25) is 0 Å². The van der Waals surface area contributed by atoms with Gasteiger partial charge in [-0.3, -0.25) is 0 Å². The first-order valence-electron chi connectivity index (χ1n) is 13.7. The van der Waals surface area contributed by atoms with E-state index in [1.165, 1.54) is 44.2 Å². The van der Waals surface area contributed by atoms with Gasteiger partial charge in [-0.1, -0.05) is 135 Å². The molecule has 0 nitrogen and oxygen atoms in total. The minimum absolute atomic E-state index is 0. The van der Waals surface area contributed by atoms with Crippen molar-refractivity contribution in [3.8, 4) is 0 Å². The largest absolute Gasteiger partial charge is 2.00 e. The van der Waals surface area contributed by atoms with Gasteiger partial charge in [-0.15, -0.1) is 32.8 Å². The van der Waals surface area contributed by atoms with Crippen LogP contribution in [0.5, 0.6) is 0 Å². The molecule has 0 aliphatic carbocycles. The summed E-state index contributed by atoms with van der Waals surface area (Å²) in [5.74, 6) is 0. The van der Waals surface area contributed by atoms with Gasteiger partial charge in [0, 0.05) is 21.7 Å². The molecular formula is C28H67Cl3MgSi5. The van der Waals surface area contributed by atoms with E-state index in [2.05, 4.69) is 105 Å². The summed E-state index contributed by atoms with van der Waals surface area (Å²) < 4.78 is 0. The molecule has 0 aromatic rings. The molecule has 0 fully saturated rings. The number of halogens is 3. The van der Waals surface area contributed by atoms with Crippen LogP contribution in [0.3, 0.4) is 0 Å². The van der Waals surface area contributed by atoms with Gasteiger partial charge in [0.25, 0.3) is 0 Å². The molecule has 0 aromatic carbocycles. The van der Waals surface area contributed by atoms with Gasteiger partial charge >= 0.3 is 23.1 Å². The standard InChI is InChI=1S/C12H28Si2.C8H17ClSi.C4H11ClSi.C4H11Si.ClH.Mg/c1-7-8-9-10-11-14(5,6)12-13(2,3)4;1-4-5-6-7-8-10(2,3)9;1-6(2,3)4-5;1-5(2,3)4;;/h7H,1,8-12H2,2-6H3;4H,1,5-8H2,2-3H3;4H2,1-3H3;1H2,2-4H3;1H;/q;;;-1;;+2/p-1. The Balaban J connectivity index is -0.0000000918. The molecule has 9 heteroatoms. The SMILES string of the molecule is C=CCCCC[Si](C)(C)C[Si](C)(C)C.C=CCCCC[Si](C)(C)Cl.C[Si](C)(C)CCl.[CH2-][Si](C)(C)C.[Cl-].[Mg+2]. The maximum Gasteiger partial charge on any atom is 2.00 e. The first-order valence-corrected chi connectivity index (χ1v) is 33.0. The normalized spacial score (nSPS) is 11.6. The van der Waals surface area contributed by atoms with Crippen LogP contribution in [-0.2, 0) is 0 Å². The summed E-state index contributed by atoms with van der Waals surface area (Å²) in [6.45, 7) is 41.8. The van der Waals surface area contributed by atoms with Crippen molar-refractivity contribution in [2.75, 3.05) is 5.50 Å². The van der Waals surface area contributed by atoms with E-state index in [4.69, 9.17) is 22.7 Å². The van der Waals surface area contributed by atoms with E-state index in [9.17, 15) is 0 Å². The molecule has 0 N–H and O–H groups in total. The van der Waals surface area contributed by atoms with E-state index in [1.807, 2.05) is 12.2 Å². The number of alkyl halides is 1. The minimum Gasteiger partial charge on any atom is -1.00 e. The Morgan fingerprint density at radius 3 is 1.16 bits per heavy atom. The summed E-state index contributed by atoms with van der Waals surface area (Å²) in [6.07, 6.45) is 11.7. The molecule has 0 amide bonds. The van der Waals surface area contributed by atoms with Crippen LogP contribution < -0.4 is 12.4 Å². The number of rotatable bonds is 13. The van der Waals surface area contributed by atoms with Gasteiger partial charge in [0.15, 0.2) is 0 Å². The van der Waals surface area contributed by atoms with Crippen LogP contribution in [0.2, 0.25) is 103 Å². The predicted molar refractivity (Wildman–Crippen MR) is 195 cm³/mol. The fourth-order valence-electron chi connectivity index (χ4n) is 3.25. The van der Waals surface area contributed by atoms with Gasteiger partial charge in [0.05, 0.1) is 8.07 Å². The van der Waals surface area contributed by atoms with Crippen LogP contribution in [0, 0.1) is 6.55 Å². The van der Waals surface area contributed by atoms with Crippen LogP contribution in [-0.4, -0.2) is 68.2 Å². The van der Waals surface area contributed by atoms with E-state index < -0.39 is 39.7 Å². The Labute approximate surface area is 274 Å².